The summed E-state index contributed by atoms with van der Waals surface area (Å²) >= 11 is 0. The molecule has 1 aliphatic heterocycles. The Kier molecular flexibility index (Phi) is 5.35. The maximum absolute atomic E-state index is 12.2. The number of hydrogen-bond acceptors (Lipinski definition) is 4. The lowest BCUT2D eigenvalue weighted by molar-refractivity contribution is -0.125. The number of aromatic nitrogens is 2. The van der Waals surface area contributed by atoms with Crippen molar-refractivity contribution in [1.82, 2.24) is 14.9 Å². The largest absolute Gasteiger partial charge is 0.385 e. The summed E-state index contributed by atoms with van der Waals surface area (Å²) in [5.74, 6) is 1.28. The number of piperidine rings is 1. The van der Waals surface area contributed by atoms with Gasteiger partial charge in [0.2, 0.25) is 11.9 Å². The molecule has 0 radical (unpaired) electrons. The molecule has 2 aromatic rings. The van der Waals surface area contributed by atoms with E-state index in [0.717, 1.165) is 49.3 Å². The van der Waals surface area contributed by atoms with Gasteiger partial charge in [0.05, 0.1) is 11.0 Å². The number of rotatable bonds is 6. The van der Waals surface area contributed by atoms with E-state index in [9.17, 15) is 4.79 Å². The molecule has 1 aromatic carbocycles. The van der Waals surface area contributed by atoms with Crippen LogP contribution >= 0.6 is 0 Å². The summed E-state index contributed by atoms with van der Waals surface area (Å²) in [5.41, 5.74) is 2.17. The number of methoxy groups -OCH3 is 1. The lowest BCUT2D eigenvalue weighted by Gasteiger charge is -2.32. The molecule has 0 unspecified atom stereocenters. The first-order valence-electron chi connectivity index (χ1n) is 8.63. The molecule has 0 aliphatic carbocycles. The van der Waals surface area contributed by atoms with Gasteiger partial charge in [-0.15, -0.1) is 0 Å². The fourth-order valence-electron chi connectivity index (χ4n) is 3.33. The van der Waals surface area contributed by atoms with E-state index in [4.69, 9.17) is 9.72 Å². The highest BCUT2D eigenvalue weighted by atomic mass is 16.5. The molecule has 6 nitrogen and oxygen atoms in total. The van der Waals surface area contributed by atoms with Crippen molar-refractivity contribution in [2.45, 2.75) is 19.3 Å². The maximum atomic E-state index is 12.2. The second-order valence-electron chi connectivity index (χ2n) is 6.36. The highest BCUT2D eigenvalue weighted by Crippen LogP contribution is 2.25. The van der Waals surface area contributed by atoms with Crippen LogP contribution in [0.5, 0.6) is 0 Å². The molecular formula is C18H26N4O2. The fourth-order valence-corrected chi connectivity index (χ4v) is 3.33. The summed E-state index contributed by atoms with van der Waals surface area (Å²) in [6.45, 7) is 3.11. The van der Waals surface area contributed by atoms with Crippen molar-refractivity contribution in [2.24, 2.45) is 13.0 Å². The number of hydrogen-bond donors (Lipinski definition) is 1. The summed E-state index contributed by atoms with van der Waals surface area (Å²) in [4.78, 5) is 19.3. The Morgan fingerprint density at radius 1 is 1.33 bits per heavy atom. The summed E-state index contributed by atoms with van der Waals surface area (Å²) < 4.78 is 7.14. The minimum absolute atomic E-state index is 0.110. The highest BCUT2D eigenvalue weighted by molar-refractivity contribution is 5.80. The van der Waals surface area contributed by atoms with Gasteiger partial charge >= 0.3 is 0 Å². The van der Waals surface area contributed by atoms with Gasteiger partial charge < -0.3 is 19.5 Å². The lowest BCUT2D eigenvalue weighted by atomic mass is 9.96. The first kappa shape index (κ1) is 16.8. The number of carbonyl (C=O) groups is 1. The van der Waals surface area contributed by atoms with Crippen molar-refractivity contribution in [1.29, 1.82) is 0 Å². The topological polar surface area (TPSA) is 59.4 Å². The van der Waals surface area contributed by atoms with Gasteiger partial charge in [-0.3, -0.25) is 4.79 Å². The van der Waals surface area contributed by atoms with Gasteiger partial charge in [-0.1, -0.05) is 12.1 Å². The van der Waals surface area contributed by atoms with Crippen LogP contribution in [0, 0.1) is 5.92 Å². The van der Waals surface area contributed by atoms with Crippen molar-refractivity contribution in [3.05, 3.63) is 24.3 Å². The van der Waals surface area contributed by atoms with Crippen molar-refractivity contribution in [3.8, 4) is 0 Å². The van der Waals surface area contributed by atoms with E-state index in [2.05, 4.69) is 27.9 Å². The fraction of sp³-hybridized carbons (Fsp3) is 0.556. The molecule has 1 fully saturated rings. The summed E-state index contributed by atoms with van der Waals surface area (Å²) in [6, 6.07) is 8.18. The zero-order valence-electron chi connectivity index (χ0n) is 14.5. The molecule has 1 amide bonds. The van der Waals surface area contributed by atoms with Crippen LogP contribution in [-0.2, 0) is 16.6 Å². The van der Waals surface area contributed by atoms with Crippen LogP contribution in [-0.4, -0.2) is 48.8 Å². The van der Waals surface area contributed by atoms with Crippen LogP contribution in [0.15, 0.2) is 24.3 Å². The van der Waals surface area contributed by atoms with Crippen LogP contribution in [0.3, 0.4) is 0 Å². The van der Waals surface area contributed by atoms with Gasteiger partial charge in [-0.2, -0.15) is 0 Å². The van der Waals surface area contributed by atoms with Gasteiger partial charge in [0.15, 0.2) is 0 Å². The molecule has 1 N–H and O–H groups in total. The number of nitrogens with zero attached hydrogens (tertiary/aromatic N) is 3. The maximum Gasteiger partial charge on any atom is 0.223 e. The predicted octanol–water partition coefficient (Wildman–Crippen LogP) is 1.94. The third-order valence-electron chi connectivity index (χ3n) is 4.74. The average Bonchev–Trinajstić information content (AvgIpc) is 2.96. The van der Waals surface area contributed by atoms with Crippen molar-refractivity contribution < 1.29 is 9.53 Å². The van der Waals surface area contributed by atoms with E-state index in [1.165, 1.54) is 0 Å². The monoisotopic (exact) mass is 330 g/mol. The molecule has 24 heavy (non-hydrogen) atoms. The van der Waals surface area contributed by atoms with Crippen LogP contribution in [0.4, 0.5) is 5.95 Å². The Bertz CT molecular complexity index is 689. The number of ether oxygens (including phenoxy) is 1. The average molecular weight is 330 g/mol. The molecule has 6 heteroatoms. The quantitative estimate of drug-likeness (QED) is 0.823. The number of nitrogens with one attached hydrogen (secondary N) is 1. The Morgan fingerprint density at radius 2 is 2.08 bits per heavy atom. The molecule has 3 rings (SSSR count). The standard InChI is InChI=1S/C18H26N4O2/c1-21-16-7-4-3-6-15(16)20-18(21)22-11-8-14(9-12-22)17(23)19-10-5-13-24-2/h3-4,6-7,14H,5,8-13H2,1-2H3,(H,19,23). The zero-order valence-corrected chi connectivity index (χ0v) is 14.5. The molecule has 1 aromatic heterocycles. The molecule has 0 spiro atoms. The summed E-state index contributed by atoms with van der Waals surface area (Å²) in [7, 11) is 3.73. The summed E-state index contributed by atoms with van der Waals surface area (Å²) in [6.07, 6.45) is 2.61. The molecule has 0 atom stereocenters. The van der Waals surface area contributed by atoms with Gasteiger partial charge in [-0.05, 0) is 31.4 Å². The number of imidazole rings is 1. The number of fused-ring (bicyclic) bond motifs is 1. The number of para-hydroxylation sites is 2. The minimum Gasteiger partial charge on any atom is -0.385 e. The third kappa shape index (κ3) is 3.53. The number of amides is 1. The Balaban J connectivity index is 1.56. The van der Waals surface area contributed by atoms with E-state index >= 15 is 0 Å². The van der Waals surface area contributed by atoms with Crippen molar-refractivity contribution in [3.63, 3.8) is 0 Å². The van der Waals surface area contributed by atoms with E-state index < -0.39 is 0 Å². The van der Waals surface area contributed by atoms with Gasteiger partial charge in [0.1, 0.15) is 0 Å². The van der Waals surface area contributed by atoms with E-state index in [1.807, 2.05) is 18.2 Å². The number of carbonyl (C=O) groups excluding carboxylic acids is 1. The molecule has 1 saturated heterocycles. The van der Waals surface area contributed by atoms with Crippen LogP contribution in [0.25, 0.3) is 11.0 Å². The molecule has 1 aliphatic rings. The van der Waals surface area contributed by atoms with Gasteiger partial charge in [0.25, 0.3) is 0 Å². The molecular weight excluding hydrogens is 304 g/mol. The van der Waals surface area contributed by atoms with Crippen LogP contribution in [0.2, 0.25) is 0 Å². The Hall–Kier alpha value is -2.08. The first-order chi connectivity index (χ1) is 11.7. The number of anilines is 1. The zero-order chi connectivity index (χ0) is 16.9. The minimum atomic E-state index is 0.110. The second-order valence-corrected chi connectivity index (χ2v) is 6.36. The highest BCUT2D eigenvalue weighted by Gasteiger charge is 2.26. The second kappa shape index (κ2) is 7.66. The van der Waals surface area contributed by atoms with E-state index in [1.54, 1.807) is 7.11 Å². The number of benzene rings is 1. The van der Waals surface area contributed by atoms with E-state index in [0.29, 0.717) is 13.2 Å². The van der Waals surface area contributed by atoms with Crippen molar-refractivity contribution in [2.75, 3.05) is 38.3 Å². The Labute approximate surface area is 142 Å². The van der Waals surface area contributed by atoms with Crippen LogP contribution < -0.4 is 10.2 Å². The van der Waals surface area contributed by atoms with Gasteiger partial charge in [-0.25, -0.2) is 4.98 Å². The predicted molar refractivity (Wildman–Crippen MR) is 95.2 cm³/mol. The normalized spacial score (nSPS) is 15.8. The smallest absolute Gasteiger partial charge is 0.223 e. The van der Waals surface area contributed by atoms with Crippen molar-refractivity contribution >= 4 is 22.9 Å². The molecule has 130 valence electrons. The molecule has 0 saturated carbocycles. The Morgan fingerprint density at radius 3 is 2.79 bits per heavy atom. The van der Waals surface area contributed by atoms with Crippen LogP contribution in [0.1, 0.15) is 19.3 Å². The first-order valence-corrected chi connectivity index (χ1v) is 8.63. The van der Waals surface area contributed by atoms with Gasteiger partial charge in [0, 0.05) is 46.3 Å². The molecule has 0 bridgehead atoms. The third-order valence-corrected chi connectivity index (χ3v) is 4.74. The SMILES string of the molecule is COCCCNC(=O)C1CCN(c2nc3ccccc3n2C)CC1. The van der Waals surface area contributed by atoms with E-state index in [-0.39, 0.29) is 11.8 Å². The number of aryl methyl sites for hydroxylation is 1. The lowest BCUT2D eigenvalue weighted by Crippen LogP contribution is -2.41. The summed E-state index contributed by atoms with van der Waals surface area (Å²) in [5, 5.41) is 3.02. The molecule has 2 heterocycles.